The summed E-state index contributed by atoms with van der Waals surface area (Å²) in [6.07, 6.45) is 7.76. The fourth-order valence-corrected chi connectivity index (χ4v) is 3.73. The van der Waals surface area contributed by atoms with Gasteiger partial charge in [0.05, 0.1) is 0 Å². The number of benzene rings is 1. The molecule has 0 unspecified atom stereocenters. The Morgan fingerprint density at radius 2 is 1.64 bits per heavy atom. The van der Waals surface area contributed by atoms with Gasteiger partial charge in [0.15, 0.2) is 0 Å². The van der Waals surface area contributed by atoms with Crippen LogP contribution in [0.3, 0.4) is 0 Å². The highest BCUT2D eigenvalue weighted by atomic mass is 35.5. The van der Waals surface area contributed by atoms with Crippen molar-refractivity contribution in [1.82, 2.24) is 9.80 Å². The van der Waals surface area contributed by atoms with E-state index in [1.165, 1.54) is 37.7 Å². The lowest BCUT2D eigenvalue weighted by atomic mass is 9.93. The van der Waals surface area contributed by atoms with E-state index < -0.39 is 0 Å². The molecule has 1 fully saturated rings. The summed E-state index contributed by atoms with van der Waals surface area (Å²) in [7, 11) is 0. The van der Waals surface area contributed by atoms with Crippen molar-refractivity contribution in [2.75, 3.05) is 26.2 Å². The number of carbonyl (C=O) groups is 1. The van der Waals surface area contributed by atoms with Crippen LogP contribution < -0.4 is 0 Å². The van der Waals surface area contributed by atoms with Crippen LogP contribution >= 0.6 is 12.4 Å². The minimum Gasteiger partial charge on any atom is -0.338 e. The average molecular weight is 367 g/mol. The van der Waals surface area contributed by atoms with Gasteiger partial charge in [0.1, 0.15) is 0 Å². The minimum atomic E-state index is 0. The van der Waals surface area contributed by atoms with Crippen molar-refractivity contribution in [2.45, 2.75) is 64.8 Å². The first kappa shape index (κ1) is 22.0. The van der Waals surface area contributed by atoms with E-state index in [0.29, 0.717) is 18.4 Å². The van der Waals surface area contributed by atoms with Crippen LogP contribution in [-0.4, -0.2) is 47.9 Å². The number of carbonyl (C=O) groups excluding carboxylic acids is 1. The zero-order chi connectivity index (χ0) is 17.2. The summed E-state index contributed by atoms with van der Waals surface area (Å²) >= 11 is 0. The molecular formula is C21H35ClN2O. The van der Waals surface area contributed by atoms with Gasteiger partial charge in [0.2, 0.25) is 5.91 Å². The molecule has 0 heterocycles. The molecule has 1 saturated carbocycles. The van der Waals surface area contributed by atoms with Gasteiger partial charge in [-0.2, -0.15) is 0 Å². The Bertz CT molecular complexity index is 470. The molecule has 2 rings (SSSR count). The highest BCUT2D eigenvalue weighted by Gasteiger charge is 2.25. The molecule has 1 aromatic rings. The second-order valence-corrected chi connectivity index (χ2v) is 6.89. The van der Waals surface area contributed by atoms with Crippen LogP contribution in [0.1, 0.15) is 57.9 Å². The zero-order valence-corrected chi connectivity index (χ0v) is 16.8. The predicted molar refractivity (Wildman–Crippen MR) is 108 cm³/mol. The number of halogens is 1. The molecule has 0 bridgehead atoms. The standard InChI is InChI=1S/C21H34N2O.ClH/c1-3-22(4-2)17-18-23(20-13-9-6-10-14-20)21(24)16-15-19-11-7-5-8-12-19;/h5,7-8,11-12,20H,3-4,6,9-10,13-18H2,1-2H3;1H. The molecule has 0 N–H and O–H groups in total. The van der Waals surface area contributed by atoms with E-state index in [1.54, 1.807) is 0 Å². The molecule has 0 aliphatic heterocycles. The lowest BCUT2D eigenvalue weighted by Gasteiger charge is -2.36. The van der Waals surface area contributed by atoms with Gasteiger partial charge < -0.3 is 9.80 Å². The Morgan fingerprint density at radius 3 is 2.24 bits per heavy atom. The molecule has 0 spiro atoms. The number of hydrogen-bond donors (Lipinski definition) is 0. The molecule has 1 amide bonds. The van der Waals surface area contributed by atoms with Crippen molar-refractivity contribution in [3.8, 4) is 0 Å². The van der Waals surface area contributed by atoms with Crippen molar-refractivity contribution in [3.63, 3.8) is 0 Å². The summed E-state index contributed by atoms with van der Waals surface area (Å²) in [4.78, 5) is 17.5. The monoisotopic (exact) mass is 366 g/mol. The third-order valence-electron chi connectivity index (χ3n) is 5.36. The van der Waals surface area contributed by atoms with E-state index in [-0.39, 0.29) is 12.4 Å². The Kier molecular flexibility index (Phi) is 10.8. The SMILES string of the molecule is CCN(CC)CCN(C(=O)CCc1ccccc1)C1CCCCC1.Cl. The lowest BCUT2D eigenvalue weighted by Crippen LogP contribution is -2.45. The summed E-state index contributed by atoms with van der Waals surface area (Å²) in [6.45, 7) is 8.41. The average Bonchev–Trinajstić information content (AvgIpc) is 2.65. The van der Waals surface area contributed by atoms with E-state index in [4.69, 9.17) is 0 Å². The quantitative estimate of drug-likeness (QED) is 0.640. The van der Waals surface area contributed by atoms with Crippen molar-refractivity contribution < 1.29 is 4.79 Å². The number of hydrogen-bond acceptors (Lipinski definition) is 2. The van der Waals surface area contributed by atoms with Crippen LogP contribution in [0.15, 0.2) is 30.3 Å². The topological polar surface area (TPSA) is 23.6 Å². The van der Waals surface area contributed by atoms with Crippen LogP contribution in [0.4, 0.5) is 0 Å². The van der Waals surface area contributed by atoms with Gasteiger partial charge in [0.25, 0.3) is 0 Å². The molecule has 0 aromatic heterocycles. The van der Waals surface area contributed by atoms with E-state index in [2.05, 4.69) is 47.9 Å². The molecule has 25 heavy (non-hydrogen) atoms. The summed E-state index contributed by atoms with van der Waals surface area (Å²) in [5, 5.41) is 0. The molecule has 0 atom stereocenters. The molecule has 4 heteroatoms. The first-order valence-corrected chi connectivity index (χ1v) is 9.80. The largest absolute Gasteiger partial charge is 0.338 e. The predicted octanol–water partition coefficient (Wildman–Crippen LogP) is 4.54. The third-order valence-corrected chi connectivity index (χ3v) is 5.36. The van der Waals surface area contributed by atoms with Gasteiger partial charge in [-0.3, -0.25) is 4.79 Å². The maximum atomic E-state index is 12.9. The Morgan fingerprint density at radius 1 is 1.00 bits per heavy atom. The number of nitrogens with zero attached hydrogens (tertiary/aromatic N) is 2. The van der Waals surface area contributed by atoms with Crippen molar-refractivity contribution in [3.05, 3.63) is 35.9 Å². The lowest BCUT2D eigenvalue weighted by molar-refractivity contribution is -0.134. The fourth-order valence-electron chi connectivity index (χ4n) is 3.73. The van der Waals surface area contributed by atoms with Crippen molar-refractivity contribution in [1.29, 1.82) is 0 Å². The summed E-state index contributed by atoms with van der Waals surface area (Å²) in [5.41, 5.74) is 1.26. The van der Waals surface area contributed by atoms with Gasteiger partial charge >= 0.3 is 0 Å². The molecule has 3 nitrogen and oxygen atoms in total. The van der Waals surface area contributed by atoms with Crippen LogP contribution in [0.25, 0.3) is 0 Å². The van der Waals surface area contributed by atoms with E-state index in [0.717, 1.165) is 32.6 Å². The smallest absolute Gasteiger partial charge is 0.223 e. The number of amides is 1. The van der Waals surface area contributed by atoms with Gasteiger partial charge in [-0.05, 0) is 37.9 Å². The van der Waals surface area contributed by atoms with Crippen molar-refractivity contribution >= 4 is 18.3 Å². The van der Waals surface area contributed by atoms with Crippen LogP contribution in [-0.2, 0) is 11.2 Å². The first-order valence-electron chi connectivity index (χ1n) is 9.80. The molecule has 0 saturated heterocycles. The maximum Gasteiger partial charge on any atom is 0.223 e. The highest BCUT2D eigenvalue weighted by Crippen LogP contribution is 2.23. The summed E-state index contributed by atoms with van der Waals surface area (Å²) in [5.74, 6) is 0.345. The number of aryl methyl sites for hydroxylation is 1. The Balaban J connectivity index is 0.00000312. The second-order valence-electron chi connectivity index (χ2n) is 6.89. The van der Waals surface area contributed by atoms with Crippen molar-refractivity contribution in [2.24, 2.45) is 0 Å². The Hall–Kier alpha value is -1.06. The normalized spacial score (nSPS) is 15.0. The molecular weight excluding hydrogens is 332 g/mol. The van der Waals surface area contributed by atoms with Gasteiger partial charge in [-0.25, -0.2) is 0 Å². The summed E-state index contributed by atoms with van der Waals surface area (Å²) in [6, 6.07) is 10.8. The van der Waals surface area contributed by atoms with Gasteiger partial charge in [0, 0.05) is 25.6 Å². The van der Waals surface area contributed by atoms with Gasteiger partial charge in [-0.1, -0.05) is 63.4 Å². The molecule has 142 valence electrons. The molecule has 1 aromatic carbocycles. The maximum absolute atomic E-state index is 12.9. The number of rotatable bonds is 9. The molecule has 1 aliphatic carbocycles. The second kappa shape index (κ2) is 12.3. The Labute approximate surface area is 160 Å². The zero-order valence-electron chi connectivity index (χ0n) is 16.0. The van der Waals surface area contributed by atoms with E-state index in [1.807, 2.05) is 6.07 Å². The third kappa shape index (κ3) is 7.37. The number of likely N-dealkylation sites (N-methyl/N-ethyl adjacent to an activating group) is 1. The highest BCUT2D eigenvalue weighted by molar-refractivity contribution is 5.85. The first-order chi connectivity index (χ1) is 11.7. The van der Waals surface area contributed by atoms with E-state index >= 15 is 0 Å². The summed E-state index contributed by atoms with van der Waals surface area (Å²) < 4.78 is 0. The minimum absolute atomic E-state index is 0. The van der Waals surface area contributed by atoms with Gasteiger partial charge in [-0.15, -0.1) is 12.4 Å². The molecule has 0 radical (unpaired) electrons. The van der Waals surface area contributed by atoms with E-state index in [9.17, 15) is 4.79 Å². The van der Waals surface area contributed by atoms with Crippen LogP contribution in [0, 0.1) is 0 Å². The molecule has 1 aliphatic rings. The van der Waals surface area contributed by atoms with Crippen LogP contribution in [0.5, 0.6) is 0 Å². The fraction of sp³-hybridized carbons (Fsp3) is 0.667. The van der Waals surface area contributed by atoms with Crippen LogP contribution in [0.2, 0.25) is 0 Å².